The number of carbonyl (C=O) groups excluding carboxylic acids is 4. The molecule has 0 aliphatic carbocycles. The van der Waals surface area contributed by atoms with E-state index < -0.39 is 41.5 Å². The van der Waals surface area contributed by atoms with Gasteiger partial charge >= 0.3 is 6.09 Å². The Labute approximate surface area is 139 Å². The van der Waals surface area contributed by atoms with Crippen LogP contribution in [0.2, 0.25) is 0 Å². The van der Waals surface area contributed by atoms with E-state index in [4.69, 9.17) is 10.3 Å². The molecule has 2 atom stereocenters. The van der Waals surface area contributed by atoms with Crippen molar-refractivity contribution in [2.45, 2.75) is 52.3 Å². The molecule has 0 bridgehead atoms. The van der Waals surface area contributed by atoms with Crippen molar-refractivity contribution in [3.8, 4) is 0 Å². The summed E-state index contributed by atoms with van der Waals surface area (Å²) >= 11 is 0. The van der Waals surface area contributed by atoms with Crippen LogP contribution in [-0.4, -0.2) is 48.0 Å². The normalized spacial score (nSPS) is 12.9. The Bertz CT molecular complexity index is 550. The molecular formula is C13H22N6O5. The predicted molar refractivity (Wildman–Crippen MR) is 83.6 cm³/mol. The van der Waals surface area contributed by atoms with Crippen LogP contribution in [0.25, 0.3) is 10.4 Å². The van der Waals surface area contributed by atoms with Crippen LogP contribution in [0.15, 0.2) is 5.11 Å². The summed E-state index contributed by atoms with van der Waals surface area (Å²) in [4.78, 5) is 48.4. The van der Waals surface area contributed by atoms with Gasteiger partial charge in [-0.1, -0.05) is 0 Å². The number of hydrogen-bond donors (Lipinski definition) is 3. The Morgan fingerprint density at radius 3 is 2.21 bits per heavy atom. The van der Waals surface area contributed by atoms with E-state index in [9.17, 15) is 19.2 Å². The molecule has 0 saturated heterocycles. The fourth-order valence-electron chi connectivity index (χ4n) is 1.36. The average molecular weight is 342 g/mol. The lowest BCUT2D eigenvalue weighted by Crippen LogP contribution is -2.51. The summed E-state index contributed by atoms with van der Waals surface area (Å²) in [6.07, 6.45) is -0.761. The van der Waals surface area contributed by atoms with Gasteiger partial charge in [0.25, 0.3) is 0 Å². The molecule has 0 heterocycles. The molecule has 24 heavy (non-hydrogen) atoms. The van der Waals surface area contributed by atoms with Crippen molar-refractivity contribution in [3.05, 3.63) is 10.4 Å². The van der Waals surface area contributed by atoms with E-state index in [0.717, 1.165) is 0 Å². The van der Waals surface area contributed by atoms with Gasteiger partial charge in [0, 0.05) is 4.91 Å². The van der Waals surface area contributed by atoms with Gasteiger partial charge in [-0.2, -0.15) is 0 Å². The van der Waals surface area contributed by atoms with E-state index in [1.807, 2.05) is 0 Å². The second-order valence-corrected chi connectivity index (χ2v) is 5.90. The van der Waals surface area contributed by atoms with Gasteiger partial charge in [0.1, 0.15) is 18.2 Å². The van der Waals surface area contributed by atoms with Crippen LogP contribution in [0.5, 0.6) is 0 Å². The van der Waals surface area contributed by atoms with Gasteiger partial charge < -0.3 is 20.7 Å². The number of hydrogen-bond acceptors (Lipinski definition) is 5. The van der Waals surface area contributed by atoms with Gasteiger partial charge in [-0.15, -0.1) is 0 Å². The summed E-state index contributed by atoms with van der Waals surface area (Å²) < 4.78 is 4.96. The highest BCUT2D eigenvalue weighted by molar-refractivity contribution is 5.92. The monoisotopic (exact) mass is 342 g/mol. The molecule has 0 aromatic heterocycles. The molecule has 0 unspecified atom stereocenters. The Hall–Kier alpha value is -2.81. The van der Waals surface area contributed by atoms with Crippen molar-refractivity contribution in [1.29, 1.82) is 0 Å². The van der Waals surface area contributed by atoms with Gasteiger partial charge in [0.2, 0.25) is 17.7 Å². The number of ether oxygens (including phenoxy) is 1. The van der Waals surface area contributed by atoms with E-state index in [-0.39, 0.29) is 6.54 Å². The first kappa shape index (κ1) is 21.2. The van der Waals surface area contributed by atoms with Crippen molar-refractivity contribution < 1.29 is 23.9 Å². The van der Waals surface area contributed by atoms with Crippen LogP contribution in [0.4, 0.5) is 4.79 Å². The second-order valence-electron chi connectivity index (χ2n) is 5.90. The Balaban J connectivity index is 4.30. The zero-order chi connectivity index (χ0) is 18.9. The highest BCUT2D eigenvalue weighted by atomic mass is 16.6. The van der Waals surface area contributed by atoms with Crippen molar-refractivity contribution in [1.82, 2.24) is 16.0 Å². The number of amides is 4. The van der Waals surface area contributed by atoms with E-state index in [1.54, 1.807) is 20.8 Å². The maximum Gasteiger partial charge on any atom is 0.408 e. The Morgan fingerprint density at radius 1 is 1.12 bits per heavy atom. The van der Waals surface area contributed by atoms with E-state index in [0.29, 0.717) is 0 Å². The second kappa shape index (κ2) is 9.36. The minimum atomic E-state index is -1.02. The summed E-state index contributed by atoms with van der Waals surface area (Å²) in [5.74, 6) is -2.11. The summed E-state index contributed by atoms with van der Waals surface area (Å²) in [7, 11) is 0. The van der Waals surface area contributed by atoms with Gasteiger partial charge in [0.05, 0.1) is 6.04 Å². The number of rotatable bonds is 6. The number of nitrogens with zero attached hydrogens (tertiary/aromatic N) is 3. The van der Waals surface area contributed by atoms with E-state index in [2.05, 4.69) is 26.0 Å². The third-order valence-corrected chi connectivity index (χ3v) is 2.44. The molecular weight excluding hydrogens is 320 g/mol. The third-order valence-electron chi connectivity index (χ3n) is 2.44. The fraction of sp³-hybridized carbons (Fsp3) is 0.692. The first-order valence-electron chi connectivity index (χ1n) is 7.11. The molecule has 3 N–H and O–H groups in total. The Morgan fingerprint density at radius 2 is 1.71 bits per heavy atom. The lowest BCUT2D eigenvalue weighted by molar-refractivity contribution is -0.130. The number of alkyl carbamates (subject to hydrolysis) is 1. The topological polar surface area (TPSA) is 162 Å². The molecule has 0 aromatic rings. The molecule has 0 rings (SSSR count). The summed E-state index contributed by atoms with van der Waals surface area (Å²) in [5.41, 5.74) is 7.45. The molecule has 4 amide bonds. The highest BCUT2D eigenvalue weighted by Gasteiger charge is 2.21. The molecule has 11 heteroatoms. The summed E-state index contributed by atoms with van der Waals surface area (Å²) in [6.45, 7) is 7.40. The molecule has 0 spiro atoms. The Kier molecular flexibility index (Phi) is 8.26. The minimum absolute atomic E-state index is 0.375. The van der Waals surface area contributed by atoms with Gasteiger partial charge in [-0.3, -0.25) is 14.4 Å². The minimum Gasteiger partial charge on any atom is -0.444 e. The van der Waals surface area contributed by atoms with Crippen molar-refractivity contribution in [2.24, 2.45) is 5.11 Å². The third kappa shape index (κ3) is 9.26. The van der Waals surface area contributed by atoms with E-state index in [1.165, 1.54) is 13.8 Å². The quantitative estimate of drug-likeness (QED) is 0.360. The average Bonchev–Trinajstić information content (AvgIpc) is 2.43. The maximum absolute atomic E-state index is 11.8. The first-order valence-corrected chi connectivity index (χ1v) is 7.11. The molecule has 0 radical (unpaired) electrons. The standard InChI is InChI=1S/C13H22N6O5/c1-7(10(21)17-8(2)11(22)18-19-14)16-9(20)6-15-12(23)24-13(3,4)5/h7-8H,6H2,1-5H3,(H,15,23)(H,16,20)(H,17,21)/t7-,8-/m0/s1. The molecule has 0 fully saturated rings. The van der Waals surface area contributed by atoms with Crippen molar-refractivity contribution >= 4 is 23.8 Å². The van der Waals surface area contributed by atoms with Crippen LogP contribution in [0.3, 0.4) is 0 Å². The van der Waals surface area contributed by atoms with Gasteiger partial charge in [-0.05, 0) is 45.3 Å². The van der Waals surface area contributed by atoms with Gasteiger partial charge in [0.15, 0.2) is 0 Å². The molecule has 11 nitrogen and oxygen atoms in total. The van der Waals surface area contributed by atoms with Crippen LogP contribution in [-0.2, 0) is 19.1 Å². The lowest BCUT2D eigenvalue weighted by Gasteiger charge is -2.20. The summed E-state index contributed by atoms with van der Waals surface area (Å²) in [6, 6.07) is -1.98. The van der Waals surface area contributed by atoms with Crippen molar-refractivity contribution in [2.75, 3.05) is 6.54 Å². The predicted octanol–water partition coefficient (Wildman–Crippen LogP) is 0.357. The molecule has 0 aromatic carbocycles. The molecule has 134 valence electrons. The van der Waals surface area contributed by atoms with E-state index >= 15 is 0 Å². The number of carbonyl (C=O) groups is 4. The number of nitrogens with one attached hydrogen (secondary N) is 3. The van der Waals surface area contributed by atoms with Crippen LogP contribution in [0.1, 0.15) is 34.6 Å². The van der Waals surface area contributed by atoms with Crippen LogP contribution >= 0.6 is 0 Å². The first-order chi connectivity index (χ1) is 11.0. The molecule has 0 aliphatic heterocycles. The highest BCUT2D eigenvalue weighted by Crippen LogP contribution is 2.06. The van der Waals surface area contributed by atoms with Crippen LogP contribution in [0, 0.1) is 0 Å². The zero-order valence-electron chi connectivity index (χ0n) is 14.2. The fourth-order valence-corrected chi connectivity index (χ4v) is 1.36. The molecule has 0 saturated carbocycles. The lowest BCUT2D eigenvalue weighted by atomic mass is 10.2. The van der Waals surface area contributed by atoms with Gasteiger partial charge in [-0.25, -0.2) is 4.79 Å². The largest absolute Gasteiger partial charge is 0.444 e. The summed E-state index contributed by atoms with van der Waals surface area (Å²) in [5, 5.41) is 9.72. The SMILES string of the molecule is C[C@H](NC(=O)[C@H](C)NC(=O)CNC(=O)OC(C)(C)C)C(=O)N=[N+]=[N-]. The number of azide groups is 1. The van der Waals surface area contributed by atoms with Crippen LogP contribution < -0.4 is 16.0 Å². The molecule has 0 aliphatic rings. The smallest absolute Gasteiger partial charge is 0.408 e. The zero-order valence-corrected chi connectivity index (χ0v) is 14.2. The maximum atomic E-state index is 11.8. The van der Waals surface area contributed by atoms with Crippen molar-refractivity contribution in [3.63, 3.8) is 0 Å².